The molecular weight excluding hydrogens is 306 g/mol. The Bertz CT molecular complexity index is 740. The van der Waals surface area contributed by atoms with Gasteiger partial charge in [-0.05, 0) is 42.5 Å². The van der Waals surface area contributed by atoms with E-state index in [1.54, 1.807) is 18.2 Å². The molecule has 0 spiro atoms. The molecule has 1 amide bonds. The van der Waals surface area contributed by atoms with Crippen LogP contribution in [0.4, 0.5) is 11.4 Å². The number of amides is 1. The molecule has 4 rings (SSSR count). The molecule has 0 saturated carbocycles. The van der Waals surface area contributed by atoms with E-state index in [1.165, 1.54) is 5.69 Å². The number of hydrogen-bond donors (Lipinski definition) is 2. The summed E-state index contributed by atoms with van der Waals surface area (Å²) in [6.45, 7) is 4.21. The zero-order valence-electron chi connectivity index (χ0n) is 13.2. The molecule has 2 aliphatic rings. The number of carbonyl (C=O) groups is 1. The molecule has 1 saturated heterocycles. The molecule has 0 atom stereocenters. The Labute approximate surface area is 140 Å². The average molecular weight is 325 g/mol. The number of hydrogen-bond acceptors (Lipinski definition) is 5. The number of nitrogens with zero attached hydrogens (tertiary/aromatic N) is 1. The third kappa shape index (κ3) is 3.00. The van der Waals surface area contributed by atoms with Crippen molar-refractivity contribution in [1.29, 1.82) is 0 Å². The third-order valence-electron chi connectivity index (χ3n) is 4.24. The van der Waals surface area contributed by atoms with Gasteiger partial charge in [0.25, 0.3) is 5.91 Å². The van der Waals surface area contributed by atoms with Crippen LogP contribution in [0.1, 0.15) is 10.4 Å². The normalized spacial score (nSPS) is 16.1. The number of rotatable bonds is 3. The summed E-state index contributed by atoms with van der Waals surface area (Å²) in [4.78, 5) is 14.7. The predicted octanol–water partition coefficient (Wildman–Crippen LogP) is 2.08. The minimum atomic E-state index is -0.164. The number of benzene rings is 2. The second-order valence-corrected chi connectivity index (χ2v) is 5.81. The Hall–Kier alpha value is -2.73. The molecule has 24 heavy (non-hydrogen) atoms. The van der Waals surface area contributed by atoms with Crippen molar-refractivity contribution in [3.05, 3.63) is 48.0 Å². The van der Waals surface area contributed by atoms with Gasteiger partial charge in [0.2, 0.25) is 6.79 Å². The van der Waals surface area contributed by atoms with Crippen molar-refractivity contribution in [2.75, 3.05) is 43.2 Å². The fourth-order valence-corrected chi connectivity index (χ4v) is 2.92. The lowest BCUT2D eigenvalue weighted by Crippen LogP contribution is -2.43. The van der Waals surface area contributed by atoms with E-state index >= 15 is 0 Å². The molecule has 0 aromatic heterocycles. The van der Waals surface area contributed by atoms with Crippen LogP contribution in [-0.4, -0.2) is 38.9 Å². The van der Waals surface area contributed by atoms with Gasteiger partial charge >= 0.3 is 0 Å². The lowest BCUT2D eigenvalue weighted by atomic mass is 10.1. The minimum Gasteiger partial charge on any atom is -0.454 e. The summed E-state index contributed by atoms with van der Waals surface area (Å²) < 4.78 is 10.6. The van der Waals surface area contributed by atoms with Gasteiger partial charge in [0, 0.05) is 43.1 Å². The maximum atomic E-state index is 12.4. The maximum Gasteiger partial charge on any atom is 0.255 e. The fraction of sp³-hybridized carbons (Fsp3) is 0.278. The Balaban J connectivity index is 1.44. The van der Waals surface area contributed by atoms with Crippen LogP contribution in [-0.2, 0) is 0 Å². The molecule has 0 unspecified atom stereocenters. The van der Waals surface area contributed by atoms with Crippen molar-refractivity contribution >= 4 is 17.3 Å². The lowest BCUT2D eigenvalue weighted by Gasteiger charge is -2.29. The SMILES string of the molecule is O=C(Nc1ccc(N2CCNCC2)cc1)c1ccc2c(c1)OCO2. The smallest absolute Gasteiger partial charge is 0.255 e. The molecule has 2 N–H and O–H groups in total. The summed E-state index contributed by atoms with van der Waals surface area (Å²) in [7, 11) is 0. The third-order valence-corrected chi connectivity index (χ3v) is 4.24. The predicted molar refractivity (Wildman–Crippen MR) is 92.0 cm³/mol. The molecule has 124 valence electrons. The molecule has 0 aliphatic carbocycles. The van der Waals surface area contributed by atoms with Crippen molar-refractivity contribution < 1.29 is 14.3 Å². The Morgan fingerprint density at radius 2 is 1.75 bits per heavy atom. The van der Waals surface area contributed by atoms with Crippen molar-refractivity contribution in [2.45, 2.75) is 0 Å². The molecule has 2 aromatic carbocycles. The summed E-state index contributed by atoms with van der Waals surface area (Å²) in [5, 5.41) is 6.25. The molecule has 2 aromatic rings. The van der Waals surface area contributed by atoms with Crippen LogP contribution in [0.15, 0.2) is 42.5 Å². The monoisotopic (exact) mass is 325 g/mol. The number of nitrogens with one attached hydrogen (secondary N) is 2. The van der Waals surface area contributed by atoms with Crippen LogP contribution in [0.2, 0.25) is 0 Å². The van der Waals surface area contributed by atoms with E-state index in [4.69, 9.17) is 9.47 Å². The van der Waals surface area contributed by atoms with E-state index in [9.17, 15) is 4.79 Å². The van der Waals surface area contributed by atoms with Gasteiger partial charge in [0.1, 0.15) is 0 Å². The van der Waals surface area contributed by atoms with Gasteiger partial charge in [0.15, 0.2) is 11.5 Å². The van der Waals surface area contributed by atoms with Crippen LogP contribution < -0.4 is 25.0 Å². The van der Waals surface area contributed by atoms with E-state index in [2.05, 4.69) is 15.5 Å². The Morgan fingerprint density at radius 1 is 1.00 bits per heavy atom. The second kappa shape index (κ2) is 6.41. The van der Waals surface area contributed by atoms with E-state index in [1.807, 2.05) is 24.3 Å². The van der Waals surface area contributed by atoms with Gasteiger partial charge in [-0.2, -0.15) is 0 Å². The fourth-order valence-electron chi connectivity index (χ4n) is 2.92. The summed E-state index contributed by atoms with van der Waals surface area (Å²) >= 11 is 0. The Morgan fingerprint density at radius 3 is 2.54 bits per heavy atom. The van der Waals surface area contributed by atoms with Crippen molar-refractivity contribution in [3.8, 4) is 11.5 Å². The van der Waals surface area contributed by atoms with E-state index in [0.29, 0.717) is 17.1 Å². The van der Waals surface area contributed by atoms with Gasteiger partial charge in [-0.3, -0.25) is 4.79 Å². The van der Waals surface area contributed by atoms with Crippen LogP contribution in [0, 0.1) is 0 Å². The average Bonchev–Trinajstić information content (AvgIpc) is 3.11. The highest BCUT2D eigenvalue weighted by Gasteiger charge is 2.16. The van der Waals surface area contributed by atoms with Crippen molar-refractivity contribution in [3.63, 3.8) is 0 Å². The summed E-state index contributed by atoms with van der Waals surface area (Å²) in [6, 6.07) is 13.1. The molecular formula is C18H19N3O3. The standard InChI is InChI=1S/C18H19N3O3/c22-18(13-1-6-16-17(11-13)24-12-23-16)20-14-2-4-15(5-3-14)21-9-7-19-8-10-21/h1-6,11,19H,7-10,12H2,(H,20,22). The van der Waals surface area contributed by atoms with Gasteiger partial charge in [-0.15, -0.1) is 0 Å². The highest BCUT2D eigenvalue weighted by Crippen LogP contribution is 2.32. The Kier molecular flexibility index (Phi) is 3.96. The number of piperazine rings is 1. The first kappa shape index (κ1) is 14.8. The number of ether oxygens (including phenoxy) is 2. The molecule has 0 radical (unpaired) electrons. The van der Waals surface area contributed by atoms with Crippen LogP contribution in [0.25, 0.3) is 0 Å². The molecule has 6 nitrogen and oxygen atoms in total. The van der Waals surface area contributed by atoms with Crippen molar-refractivity contribution in [2.24, 2.45) is 0 Å². The molecule has 0 bridgehead atoms. The minimum absolute atomic E-state index is 0.164. The van der Waals surface area contributed by atoms with Gasteiger partial charge < -0.3 is 25.0 Å². The van der Waals surface area contributed by atoms with Crippen molar-refractivity contribution in [1.82, 2.24) is 5.32 Å². The van der Waals surface area contributed by atoms with Gasteiger partial charge in [-0.1, -0.05) is 0 Å². The first-order chi connectivity index (χ1) is 11.8. The quantitative estimate of drug-likeness (QED) is 0.905. The van der Waals surface area contributed by atoms with Crippen LogP contribution in [0.5, 0.6) is 11.5 Å². The molecule has 2 aliphatic heterocycles. The largest absolute Gasteiger partial charge is 0.454 e. The van der Waals surface area contributed by atoms with E-state index in [-0.39, 0.29) is 12.7 Å². The van der Waals surface area contributed by atoms with E-state index < -0.39 is 0 Å². The highest BCUT2D eigenvalue weighted by molar-refractivity contribution is 6.04. The van der Waals surface area contributed by atoms with Gasteiger partial charge in [0.05, 0.1) is 0 Å². The topological polar surface area (TPSA) is 62.8 Å². The summed E-state index contributed by atoms with van der Waals surface area (Å²) in [5.74, 6) is 1.12. The zero-order valence-corrected chi connectivity index (χ0v) is 13.2. The van der Waals surface area contributed by atoms with Crippen LogP contribution >= 0.6 is 0 Å². The number of fused-ring (bicyclic) bond motifs is 1. The van der Waals surface area contributed by atoms with Gasteiger partial charge in [-0.25, -0.2) is 0 Å². The molecule has 2 heterocycles. The first-order valence-electron chi connectivity index (χ1n) is 8.06. The highest BCUT2D eigenvalue weighted by atomic mass is 16.7. The van der Waals surface area contributed by atoms with E-state index in [0.717, 1.165) is 31.9 Å². The number of carbonyl (C=O) groups excluding carboxylic acids is 1. The second-order valence-electron chi connectivity index (χ2n) is 5.81. The summed E-state index contributed by atoms with van der Waals surface area (Å²) in [6.07, 6.45) is 0. The molecule has 1 fully saturated rings. The lowest BCUT2D eigenvalue weighted by molar-refractivity contribution is 0.102. The van der Waals surface area contributed by atoms with Crippen LogP contribution in [0.3, 0.4) is 0 Å². The summed E-state index contributed by atoms with van der Waals surface area (Å²) in [5.41, 5.74) is 2.50. The first-order valence-corrected chi connectivity index (χ1v) is 8.06. The zero-order chi connectivity index (χ0) is 16.4. The molecule has 6 heteroatoms. The maximum absolute atomic E-state index is 12.4. The number of anilines is 2.